The minimum Gasteiger partial charge on any atom is -0.481 e. The maximum atomic E-state index is 12.7. The quantitative estimate of drug-likeness (QED) is 0.784. The monoisotopic (exact) mass is 328 g/mol. The first-order valence-corrected chi connectivity index (χ1v) is 7.95. The van der Waals surface area contributed by atoms with Crippen LogP contribution in [-0.4, -0.2) is 58.3 Å². The molecule has 3 N–H and O–H groups in total. The van der Waals surface area contributed by atoms with Gasteiger partial charge in [0.25, 0.3) is 5.91 Å². The average Bonchev–Trinajstić information content (AvgIpc) is 3.01. The van der Waals surface area contributed by atoms with Crippen LogP contribution < -0.4 is 5.32 Å². The van der Waals surface area contributed by atoms with E-state index in [-0.39, 0.29) is 18.2 Å². The van der Waals surface area contributed by atoms with E-state index in [2.05, 4.69) is 15.5 Å². The van der Waals surface area contributed by atoms with Crippen LogP contribution in [0, 0.1) is 5.92 Å². The fourth-order valence-electron chi connectivity index (χ4n) is 2.95. The van der Waals surface area contributed by atoms with Crippen molar-refractivity contribution < 1.29 is 14.7 Å². The third-order valence-electron chi connectivity index (χ3n) is 4.16. The van der Waals surface area contributed by atoms with E-state index >= 15 is 0 Å². The molecular weight excluding hydrogens is 308 g/mol. The lowest BCUT2D eigenvalue weighted by Gasteiger charge is -2.23. The number of amides is 1. The van der Waals surface area contributed by atoms with E-state index < -0.39 is 5.97 Å². The summed E-state index contributed by atoms with van der Waals surface area (Å²) >= 11 is 0. The van der Waals surface area contributed by atoms with Crippen molar-refractivity contribution in [1.82, 2.24) is 20.4 Å². The van der Waals surface area contributed by atoms with Crippen molar-refractivity contribution in [2.24, 2.45) is 5.92 Å². The minimum atomic E-state index is -0.833. The highest BCUT2D eigenvalue weighted by Gasteiger charge is 2.24. The molecule has 7 heteroatoms. The Bertz CT molecular complexity index is 697. The topological polar surface area (TPSA) is 98.3 Å². The van der Waals surface area contributed by atoms with Crippen LogP contribution in [0.1, 0.15) is 16.8 Å². The van der Waals surface area contributed by atoms with Gasteiger partial charge in [-0.05, 0) is 29.7 Å². The summed E-state index contributed by atoms with van der Waals surface area (Å²) in [5.74, 6) is -0.969. The molecule has 0 spiro atoms. The average molecular weight is 328 g/mol. The number of carbonyl (C=O) groups is 2. The van der Waals surface area contributed by atoms with E-state index in [9.17, 15) is 9.59 Å². The second-order valence-electron chi connectivity index (χ2n) is 5.97. The zero-order chi connectivity index (χ0) is 16.9. The molecular formula is C17H20N4O3. The number of hydrogen-bond acceptors (Lipinski definition) is 4. The molecule has 1 aromatic heterocycles. The standard InChI is InChI=1S/C17H20N4O3/c22-16(23)9-12-10-18-7-8-21(11-12)17(24)14-3-1-13(2-4-14)15-5-6-19-20-15/h1-6,12,18H,7-11H2,(H,19,20)(H,22,23)/t12-/m0/s1. The van der Waals surface area contributed by atoms with Crippen LogP contribution >= 0.6 is 0 Å². The summed E-state index contributed by atoms with van der Waals surface area (Å²) in [4.78, 5) is 25.4. The Morgan fingerprint density at radius 1 is 1.25 bits per heavy atom. The van der Waals surface area contributed by atoms with Crippen molar-refractivity contribution in [3.05, 3.63) is 42.1 Å². The molecule has 1 aromatic carbocycles. The molecule has 1 amide bonds. The van der Waals surface area contributed by atoms with Gasteiger partial charge in [0.05, 0.1) is 12.1 Å². The lowest BCUT2D eigenvalue weighted by molar-refractivity contribution is -0.138. The van der Waals surface area contributed by atoms with Gasteiger partial charge in [0, 0.05) is 37.9 Å². The number of carbonyl (C=O) groups excluding carboxylic acids is 1. The van der Waals surface area contributed by atoms with Gasteiger partial charge in [-0.3, -0.25) is 14.7 Å². The number of aromatic nitrogens is 2. The van der Waals surface area contributed by atoms with Gasteiger partial charge < -0.3 is 15.3 Å². The zero-order valence-corrected chi connectivity index (χ0v) is 13.2. The highest BCUT2D eigenvalue weighted by Crippen LogP contribution is 2.18. The molecule has 3 rings (SSSR count). The van der Waals surface area contributed by atoms with Crippen molar-refractivity contribution in [2.75, 3.05) is 26.2 Å². The molecule has 1 atom stereocenters. The van der Waals surface area contributed by atoms with Gasteiger partial charge in [-0.15, -0.1) is 0 Å². The minimum absolute atomic E-state index is 0.0646. The molecule has 7 nitrogen and oxygen atoms in total. The Morgan fingerprint density at radius 3 is 2.71 bits per heavy atom. The molecule has 0 bridgehead atoms. The molecule has 1 aliphatic rings. The largest absolute Gasteiger partial charge is 0.481 e. The summed E-state index contributed by atoms with van der Waals surface area (Å²) < 4.78 is 0. The molecule has 0 unspecified atom stereocenters. The number of aliphatic carboxylic acids is 1. The van der Waals surface area contributed by atoms with Crippen LogP contribution in [0.25, 0.3) is 11.3 Å². The first-order chi connectivity index (χ1) is 11.6. The number of nitrogens with one attached hydrogen (secondary N) is 2. The normalized spacial score (nSPS) is 18.2. The molecule has 24 heavy (non-hydrogen) atoms. The molecule has 1 saturated heterocycles. The predicted octanol–water partition coefficient (Wildman–Crippen LogP) is 1.21. The number of rotatable bonds is 4. The van der Waals surface area contributed by atoms with Gasteiger partial charge in [-0.2, -0.15) is 5.10 Å². The van der Waals surface area contributed by atoms with Crippen LogP contribution in [0.3, 0.4) is 0 Å². The number of aromatic amines is 1. The maximum absolute atomic E-state index is 12.7. The molecule has 2 heterocycles. The highest BCUT2D eigenvalue weighted by atomic mass is 16.4. The zero-order valence-electron chi connectivity index (χ0n) is 13.2. The summed E-state index contributed by atoms with van der Waals surface area (Å²) in [5, 5.41) is 19.0. The second kappa shape index (κ2) is 7.27. The number of carboxylic acid groups (broad SMARTS) is 1. The van der Waals surface area contributed by atoms with Crippen LogP contribution in [0.2, 0.25) is 0 Å². The summed E-state index contributed by atoms with van der Waals surface area (Å²) in [5.41, 5.74) is 2.47. The maximum Gasteiger partial charge on any atom is 0.303 e. The Hall–Kier alpha value is -2.67. The van der Waals surface area contributed by atoms with Crippen molar-refractivity contribution >= 4 is 11.9 Å². The van der Waals surface area contributed by atoms with Crippen molar-refractivity contribution in [3.8, 4) is 11.3 Å². The highest BCUT2D eigenvalue weighted by molar-refractivity contribution is 5.94. The van der Waals surface area contributed by atoms with Crippen LogP contribution in [-0.2, 0) is 4.79 Å². The Balaban J connectivity index is 1.71. The predicted molar refractivity (Wildman–Crippen MR) is 88.5 cm³/mol. The van der Waals surface area contributed by atoms with E-state index in [1.54, 1.807) is 23.2 Å². The smallest absolute Gasteiger partial charge is 0.303 e. The number of benzene rings is 1. The Labute approximate surface area is 139 Å². The van der Waals surface area contributed by atoms with E-state index in [1.165, 1.54) is 0 Å². The SMILES string of the molecule is O=C(O)C[C@H]1CNCCN(C(=O)c2ccc(-c3ccn[nH]3)cc2)C1. The summed E-state index contributed by atoms with van der Waals surface area (Å²) in [6.45, 7) is 2.33. The molecule has 2 aromatic rings. The van der Waals surface area contributed by atoms with E-state index in [1.807, 2.05) is 18.2 Å². The van der Waals surface area contributed by atoms with Crippen molar-refractivity contribution in [1.29, 1.82) is 0 Å². The number of nitrogens with zero attached hydrogens (tertiary/aromatic N) is 2. The van der Waals surface area contributed by atoms with Gasteiger partial charge in [0.2, 0.25) is 0 Å². The van der Waals surface area contributed by atoms with E-state index in [4.69, 9.17) is 5.11 Å². The summed E-state index contributed by atoms with van der Waals surface area (Å²) in [7, 11) is 0. The van der Waals surface area contributed by atoms with Gasteiger partial charge in [0.15, 0.2) is 0 Å². The molecule has 0 radical (unpaired) electrons. The van der Waals surface area contributed by atoms with Crippen LogP contribution in [0.15, 0.2) is 36.5 Å². The fraction of sp³-hybridized carbons (Fsp3) is 0.353. The number of hydrogen-bond donors (Lipinski definition) is 3. The van der Waals surface area contributed by atoms with Gasteiger partial charge in [0.1, 0.15) is 0 Å². The molecule has 0 saturated carbocycles. The van der Waals surface area contributed by atoms with E-state index in [0.717, 1.165) is 11.3 Å². The van der Waals surface area contributed by atoms with Gasteiger partial charge in [-0.25, -0.2) is 0 Å². The first-order valence-electron chi connectivity index (χ1n) is 7.95. The third kappa shape index (κ3) is 3.80. The fourth-order valence-corrected chi connectivity index (χ4v) is 2.95. The summed E-state index contributed by atoms with van der Waals surface area (Å²) in [6, 6.07) is 9.22. The molecule has 1 fully saturated rings. The molecule has 126 valence electrons. The summed E-state index contributed by atoms with van der Waals surface area (Å²) in [6.07, 6.45) is 1.75. The van der Waals surface area contributed by atoms with Gasteiger partial charge in [-0.1, -0.05) is 12.1 Å². The molecule has 1 aliphatic heterocycles. The third-order valence-corrected chi connectivity index (χ3v) is 4.16. The van der Waals surface area contributed by atoms with E-state index in [0.29, 0.717) is 31.7 Å². The van der Waals surface area contributed by atoms with Crippen molar-refractivity contribution in [2.45, 2.75) is 6.42 Å². The molecule has 0 aliphatic carbocycles. The Morgan fingerprint density at radius 2 is 2.04 bits per heavy atom. The first kappa shape index (κ1) is 16.2. The van der Waals surface area contributed by atoms with Crippen molar-refractivity contribution in [3.63, 3.8) is 0 Å². The van der Waals surface area contributed by atoms with Crippen LogP contribution in [0.4, 0.5) is 0 Å². The lowest BCUT2D eigenvalue weighted by atomic mass is 10.0. The second-order valence-corrected chi connectivity index (χ2v) is 5.97. The van der Waals surface area contributed by atoms with Gasteiger partial charge >= 0.3 is 5.97 Å². The number of H-pyrrole nitrogens is 1. The lowest BCUT2D eigenvalue weighted by Crippen LogP contribution is -2.36. The number of carboxylic acids is 1. The van der Waals surface area contributed by atoms with Crippen LogP contribution in [0.5, 0.6) is 0 Å². The Kier molecular flexibility index (Phi) is 4.90.